The number of carbonyl (C=O) groups excluding carboxylic acids is 2. The second-order valence-electron chi connectivity index (χ2n) is 6.99. The lowest BCUT2D eigenvalue weighted by Gasteiger charge is -2.16. The monoisotopic (exact) mass is 342 g/mol. The quantitative estimate of drug-likeness (QED) is 0.294. The molecule has 0 bridgehead atoms. The lowest BCUT2D eigenvalue weighted by molar-refractivity contribution is -0.150. The number of ether oxygens (including phenoxy) is 2. The zero-order chi connectivity index (χ0) is 18.2. The maximum Gasteiger partial charge on any atom is 0.306 e. The average Bonchev–Trinajstić information content (AvgIpc) is 2.53. The first-order chi connectivity index (χ1) is 11.5. The van der Waals surface area contributed by atoms with Crippen LogP contribution in [0.15, 0.2) is 0 Å². The highest BCUT2D eigenvalue weighted by molar-refractivity contribution is 5.69. The van der Waals surface area contributed by atoms with Crippen LogP contribution in [0.1, 0.15) is 98.3 Å². The topological polar surface area (TPSA) is 52.6 Å². The third-order valence-electron chi connectivity index (χ3n) is 4.28. The fourth-order valence-corrected chi connectivity index (χ4v) is 2.26. The summed E-state index contributed by atoms with van der Waals surface area (Å²) in [5, 5.41) is 0. The first kappa shape index (κ1) is 22.9. The predicted molar refractivity (Wildman–Crippen MR) is 97.8 cm³/mol. The summed E-state index contributed by atoms with van der Waals surface area (Å²) < 4.78 is 10.5. The minimum atomic E-state index is -0.0815. The lowest BCUT2D eigenvalue weighted by Crippen LogP contribution is -2.19. The Morgan fingerprint density at radius 2 is 1.29 bits per heavy atom. The highest BCUT2D eigenvalue weighted by atomic mass is 16.5. The molecule has 1 atom stereocenters. The Balaban J connectivity index is 3.36. The zero-order valence-electron chi connectivity index (χ0n) is 16.3. The number of esters is 2. The van der Waals surface area contributed by atoms with E-state index in [-0.39, 0.29) is 18.0 Å². The molecule has 0 heterocycles. The molecule has 0 radical (unpaired) electrons. The number of hydrogen-bond donors (Lipinski definition) is 0. The summed E-state index contributed by atoms with van der Waals surface area (Å²) in [6, 6.07) is 0. The van der Waals surface area contributed by atoms with Gasteiger partial charge in [0, 0.05) is 12.8 Å². The number of rotatable bonds is 15. The largest absolute Gasteiger partial charge is 0.466 e. The first-order valence-corrected chi connectivity index (χ1v) is 9.82. The summed E-state index contributed by atoms with van der Waals surface area (Å²) in [6.07, 6.45) is 10.4. The van der Waals surface area contributed by atoms with Crippen molar-refractivity contribution < 1.29 is 19.1 Å². The molecule has 0 aliphatic rings. The molecule has 0 amide bonds. The van der Waals surface area contributed by atoms with E-state index in [9.17, 15) is 9.59 Å². The van der Waals surface area contributed by atoms with Crippen LogP contribution in [0, 0.1) is 5.92 Å². The highest BCUT2D eigenvalue weighted by Crippen LogP contribution is 2.11. The van der Waals surface area contributed by atoms with Gasteiger partial charge in [0.2, 0.25) is 0 Å². The molecule has 0 aromatic heterocycles. The van der Waals surface area contributed by atoms with Crippen molar-refractivity contribution in [1.82, 2.24) is 0 Å². The maximum atomic E-state index is 11.6. The van der Waals surface area contributed by atoms with Gasteiger partial charge in [0.25, 0.3) is 0 Å². The van der Waals surface area contributed by atoms with E-state index in [2.05, 4.69) is 20.8 Å². The minimum Gasteiger partial charge on any atom is -0.466 e. The molecule has 4 nitrogen and oxygen atoms in total. The van der Waals surface area contributed by atoms with E-state index in [0.29, 0.717) is 25.4 Å². The van der Waals surface area contributed by atoms with E-state index >= 15 is 0 Å². The van der Waals surface area contributed by atoms with E-state index in [1.165, 1.54) is 0 Å². The van der Waals surface area contributed by atoms with Gasteiger partial charge < -0.3 is 9.47 Å². The number of carbonyl (C=O) groups is 2. The predicted octanol–water partition coefficient (Wildman–Crippen LogP) is 5.43. The van der Waals surface area contributed by atoms with Gasteiger partial charge in [0.1, 0.15) is 6.10 Å². The Hall–Kier alpha value is -1.06. The van der Waals surface area contributed by atoms with Crippen molar-refractivity contribution in [3.05, 3.63) is 0 Å². The average molecular weight is 343 g/mol. The van der Waals surface area contributed by atoms with Crippen molar-refractivity contribution in [2.75, 3.05) is 6.61 Å². The van der Waals surface area contributed by atoms with E-state index < -0.39 is 0 Å². The van der Waals surface area contributed by atoms with Crippen molar-refractivity contribution in [3.8, 4) is 0 Å². The fraction of sp³-hybridized carbons (Fsp3) is 0.900. The Morgan fingerprint density at radius 3 is 1.83 bits per heavy atom. The summed E-state index contributed by atoms with van der Waals surface area (Å²) in [6.45, 7) is 8.75. The molecule has 0 N–H and O–H groups in total. The van der Waals surface area contributed by atoms with Crippen LogP contribution in [-0.4, -0.2) is 24.6 Å². The van der Waals surface area contributed by atoms with Crippen molar-refractivity contribution in [3.63, 3.8) is 0 Å². The second-order valence-corrected chi connectivity index (χ2v) is 6.99. The Bertz CT molecular complexity index is 326. The van der Waals surface area contributed by atoms with Crippen LogP contribution < -0.4 is 0 Å². The second kappa shape index (κ2) is 15.5. The lowest BCUT2D eigenvalue weighted by atomic mass is 10.1. The maximum absolute atomic E-state index is 11.6. The van der Waals surface area contributed by atoms with E-state index in [4.69, 9.17) is 9.47 Å². The SMILES string of the molecule is CCCCCOC(=O)CCCCCCCCC(=O)OC(C)C(C)C. The Kier molecular flexibility index (Phi) is 14.8. The molecule has 0 saturated heterocycles. The molecular formula is C20H38O4. The number of unbranched alkanes of at least 4 members (excludes halogenated alkanes) is 7. The third kappa shape index (κ3) is 14.5. The van der Waals surface area contributed by atoms with Crippen molar-refractivity contribution in [2.45, 2.75) is 104 Å². The van der Waals surface area contributed by atoms with Crippen LogP contribution in [0.25, 0.3) is 0 Å². The molecule has 4 heteroatoms. The molecule has 24 heavy (non-hydrogen) atoms. The summed E-state index contributed by atoms with van der Waals surface area (Å²) in [5.74, 6) is 0.224. The van der Waals surface area contributed by atoms with Crippen LogP contribution in [0.3, 0.4) is 0 Å². The summed E-state index contributed by atoms with van der Waals surface area (Å²) in [4.78, 5) is 23.1. The van der Waals surface area contributed by atoms with E-state index in [1.54, 1.807) is 0 Å². The minimum absolute atomic E-state index is 0.000714. The van der Waals surface area contributed by atoms with Gasteiger partial charge in [-0.25, -0.2) is 0 Å². The molecular weight excluding hydrogens is 304 g/mol. The molecule has 0 spiro atoms. The van der Waals surface area contributed by atoms with Gasteiger partial charge in [-0.3, -0.25) is 9.59 Å². The van der Waals surface area contributed by atoms with E-state index in [0.717, 1.165) is 57.8 Å². The van der Waals surface area contributed by atoms with Gasteiger partial charge in [-0.15, -0.1) is 0 Å². The summed E-state index contributed by atoms with van der Waals surface area (Å²) >= 11 is 0. The Morgan fingerprint density at radius 1 is 0.750 bits per heavy atom. The Labute approximate surface area is 148 Å². The van der Waals surface area contributed by atoms with Crippen molar-refractivity contribution >= 4 is 11.9 Å². The van der Waals surface area contributed by atoms with Gasteiger partial charge in [-0.2, -0.15) is 0 Å². The molecule has 0 aliphatic carbocycles. The molecule has 0 aromatic rings. The van der Waals surface area contributed by atoms with Crippen molar-refractivity contribution in [1.29, 1.82) is 0 Å². The number of hydrogen-bond acceptors (Lipinski definition) is 4. The first-order valence-electron chi connectivity index (χ1n) is 9.82. The zero-order valence-corrected chi connectivity index (χ0v) is 16.3. The highest BCUT2D eigenvalue weighted by Gasteiger charge is 2.12. The van der Waals surface area contributed by atoms with Crippen LogP contribution in [0.5, 0.6) is 0 Å². The molecule has 0 saturated carbocycles. The van der Waals surface area contributed by atoms with Crippen molar-refractivity contribution in [2.24, 2.45) is 5.92 Å². The van der Waals surface area contributed by atoms with Crippen LogP contribution >= 0.6 is 0 Å². The smallest absolute Gasteiger partial charge is 0.306 e. The normalized spacial score (nSPS) is 12.2. The third-order valence-corrected chi connectivity index (χ3v) is 4.28. The van der Waals surface area contributed by atoms with Crippen LogP contribution in [-0.2, 0) is 19.1 Å². The summed E-state index contributed by atoms with van der Waals surface area (Å²) in [7, 11) is 0. The van der Waals surface area contributed by atoms with Gasteiger partial charge in [0.05, 0.1) is 6.61 Å². The molecule has 1 unspecified atom stereocenters. The van der Waals surface area contributed by atoms with Crippen LogP contribution in [0.4, 0.5) is 0 Å². The van der Waals surface area contributed by atoms with Gasteiger partial charge in [-0.1, -0.05) is 59.3 Å². The molecule has 0 fully saturated rings. The van der Waals surface area contributed by atoms with Gasteiger partial charge in [-0.05, 0) is 32.1 Å². The van der Waals surface area contributed by atoms with Gasteiger partial charge in [0.15, 0.2) is 0 Å². The standard InChI is InChI=1S/C20H38O4/c1-5-6-13-16-23-19(21)14-11-9-7-8-10-12-15-20(22)24-18(4)17(2)3/h17-18H,5-16H2,1-4H3. The molecule has 142 valence electrons. The van der Waals surface area contributed by atoms with E-state index in [1.807, 2.05) is 6.92 Å². The fourth-order valence-electron chi connectivity index (χ4n) is 2.26. The summed E-state index contributed by atoms with van der Waals surface area (Å²) in [5.41, 5.74) is 0. The molecule has 0 rings (SSSR count). The van der Waals surface area contributed by atoms with Gasteiger partial charge >= 0.3 is 11.9 Å². The molecule has 0 aromatic carbocycles. The van der Waals surface area contributed by atoms with Crippen LogP contribution in [0.2, 0.25) is 0 Å². The molecule has 0 aliphatic heterocycles.